The van der Waals surface area contributed by atoms with Crippen molar-refractivity contribution >= 4 is 5.91 Å². The number of ether oxygens (including phenoxy) is 1. The van der Waals surface area contributed by atoms with Gasteiger partial charge in [0.25, 0.3) is 5.91 Å². The normalized spacial score (nSPS) is 24.4. The Bertz CT molecular complexity index is 802. The van der Waals surface area contributed by atoms with Gasteiger partial charge in [0.2, 0.25) is 0 Å². The van der Waals surface area contributed by atoms with Crippen molar-refractivity contribution in [2.75, 3.05) is 19.7 Å². The number of hydrogen-bond acceptors (Lipinski definition) is 4. The molecule has 1 aromatic heterocycles. The molecule has 1 saturated heterocycles. The molecule has 3 atom stereocenters. The minimum atomic E-state index is -0.0509. The Morgan fingerprint density at radius 2 is 2.04 bits per heavy atom. The Balaban J connectivity index is 1.60. The topological polar surface area (TPSA) is 73.4 Å². The molecule has 27 heavy (non-hydrogen) atoms. The van der Waals surface area contributed by atoms with E-state index in [-0.39, 0.29) is 11.9 Å². The van der Waals surface area contributed by atoms with E-state index in [9.17, 15) is 4.79 Å². The molecular weight excluding hydrogens is 340 g/mol. The molecule has 0 radical (unpaired) electrons. The van der Waals surface area contributed by atoms with Gasteiger partial charge in [0.1, 0.15) is 0 Å². The van der Waals surface area contributed by atoms with Crippen molar-refractivity contribution < 1.29 is 9.53 Å². The van der Waals surface area contributed by atoms with Crippen LogP contribution < -0.4 is 10.5 Å². The molecule has 6 nitrogen and oxygen atoms in total. The molecular formula is C21H28N4O2. The number of carbonyl (C=O) groups is 1. The van der Waals surface area contributed by atoms with Gasteiger partial charge in [0.15, 0.2) is 11.4 Å². The van der Waals surface area contributed by atoms with Crippen molar-refractivity contribution in [3.63, 3.8) is 0 Å². The van der Waals surface area contributed by atoms with Gasteiger partial charge in [0, 0.05) is 19.1 Å². The van der Waals surface area contributed by atoms with E-state index >= 15 is 0 Å². The van der Waals surface area contributed by atoms with E-state index in [1.807, 2.05) is 41.4 Å². The summed E-state index contributed by atoms with van der Waals surface area (Å²) in [6.07, 6.45) is 4.00. The van der Waals surface area contributed by atoms with E-state index in [1.165, 1.54) is 0 Å². The van der Waals surface area contributed by atoms with Crippen LogP contribution in [0.2, 0.25) is 0 Å². The molecule has 4 rings (SSSR count). The van der Waals surface area contributed by atoms with Crippen molar-refractivity contribution in [1.82, 2.24) is 14.7 Å². The molecule has 0 spiro atoms. The van der Waals surface area contributed by atoms with Crippen LogP contribution in [0, 0.1) is 17.8 Å². The van der Waals surface area contributed by atoms with Crippen LogP contribution in [0.5, 0.6) is 5.75 Å². The first-order chi connectivity index (χ1) is 13.0. The first kappa shape index (κ1) is 18.0. The SMILES string of the molecule is CC(C)COc1cn(-c2ccccc2)nc1C(=O)N1CC2CCC(N)C2C1. The maximum Gasteiger partial charge on any atom is 0.278 e. The Hall–Kier alpha value is -2.34. The van der Waals surface area contributed by atoms with Crippen molar-refractivity contribution in [3.8, 4) is 11.4 Å². The summed E-state index contributed by atoms with van der Waals surface area (Å²) in [6.45, 7) is 6.24. The minimum absolute atomic E-state index is 0.0509. The summed E-state index contributed by atoms with van der Waals surface area (Å²) in [7, 11) is 0. The largest absolute Gasteiger partial charge is 0.489 e. The molecule has 2 fully saturated rings. The Morgan fingerprint density at radius 3 is 2.74 bits per heavy atom. The quantitative estimate of drug-likeness (QED) is 0.881. The van der Waals surface area contributed by atoms with Crippen LogP contribution in [0.3, 0.4) is 0 Å². The lowest BCUT2D eigenvalue weighted by molar-refractivity contribution is 0.0768. The molecule has 2 aromatic rings. The van der Waals surface area contributed by atoms with Gasteiger partial charge in [-0.1, -0.05) is 32.0 Å². The highest BCUT2D eigenvalue weighted by atomic mass is 16.5. The smallest absolute Gasteiger partial charge is 0.278 e. The third kappa shape index (κ3) is 3.58. The van der Waals surface area contributed by atoms with E-state index in [0.717, 1.165) is 31.6 Å². The molecule has 2 heterocycles. The number of rotatable bonds is 5. The zero-order chi connectivity index (χ0) is 19.0. The summed E-state index contributed by atoms with van der Waals surface area (Å²) in [5.74, 6) is 1.83. The van der Waals surface area contributed by atoms with Crippen molar-refractivity contribution in [2.45, 2.75) is 32.7 Å². The molecule has 1 aromatic carbocycles. The average Bonchev–Trinajstić information content (AvgIpc) is 3.36. The number of nitrogens with zero attached hydrogens (tertiary/aromatic N) is 3. The minimum Gasteiger partial charge on any atom is -0.489 e. The van der Waals surface area contributed by atoms with Crippen LogP contribution in [-0.4, -0.2) is 46.3 Å². The highest BCUT2D eigenvalue weighted by Gasteiger charge is 2.43. The van der Waals surface area contributed by atoms with Gasteiger partial charge in [-0.15, -0.1) is 0 Å². The fourth-order valence-electron chi connectivity index (χ4n) is 4.20. The van der Waals surface area contributed by atoms with Gasteiger partial charge in [0.05, 0.1) is 18.5 Å². The molecule has 1 aliphatic heterocycles. The predicted molar refractivity (Wildman–Crippen MR) is 104 cm³/mol. The summed E-state index contributed by atoms with van der Waals surface area (Å²) in [5, 5.41) is 4.59. The van der Waals surface area contributed by atoms with Crippen LogP contribution in [0.25, 0.3) is 5.69 Å². The third-order valence-electron chi connectivity index (χ3n) is 5.68. The van der Waals surface area contributed by atoms with E-state index in [4.69, 9.17) is 10.5 Å². The lowest BCUT2D eigenvalue weighted by Crippen LogP contribution is -2.34. The van der Waals surface area contributed by atoms with Gasteiger partial charge in [-0.3, -0.25) is 4.79 Å². The average molecular weight is 368 g/mol. The van der Waals surface area contributed by atoms with Gasteiger partial charge in [-0.2, -0.15) is 5.10 Å². The summed E-state index contributed by atoms with van der Waals surface area (Å²) < 4.78 is 7.67. The van der Waals surface area contributed by atoms with E-state index in [2.05, 4.69) is 18.9 Å². The second-order valence-electron chi connectivity index (χ2n) is 8.20. The lowest BCUT2D eigenvalue weighted by atomic mass is 9.98. The molecule has 1 saturated carbocycles. The molecule has 0 bridgehead atoms. The Kier molecular flexibility index (Phi) is 4.91. The fourth-order valence-corrected chi connectivity index (χ4v) is 4.20. The highest BCUT2D eigenvalue weighted by molar-refractivity contribution is 5.95. The zero-order valence-corrected chi connectivity index (χ0v) is 16.0. The van der Waals surface area contributed by atoms with Crippen molar-refractivity contribution in [1.29, 1.82) is 0 Å². The summed E-state index contributed by atoms with van der Waals surface area (Å²) >= 11 is 0. The number of para-hydroxylation sites is 1. The van der Waals surface area contributed by atoms with Gasteiger partial charge in [-0.25, -0.2) is 4.68 Å². The van der Waals surface area contributed by atoms with Gasteiger partial charge < -0.3 is 15.4 Å². The second kappa shape index (κ2) is 7.35. The van der Waals surface area contributed by atoms with Gasteiger partial charge in [-0.05, 0) is 42.7 Å². The number of amides is 1. The predicted octanol–water partition coefficient (Wildman–Crippen LogP) is 2.72. The molecule has 2 N–H and O–H groups in total. The lowest BCUT2D eigenvalue weighted by Gasteiger charge is -2.18. The highest BCUT2D eigenvalue weighted by Crippen LogP contribution is 2.38. The zero-order valence-electron chi connectivity index (χ0n) is 16.0. The monoisotopic (exact) mass is 368 g/mol. The third-order valence-corrected chi connectivity index (χ3v) is 5.68. The number of nitrogens with two attached hydrogens (primary N) is 1. The molecule has 6 heteroatoms. The number of aromatic nitrogens is 2. The fraction of sp³-hybridized carbons (Fsp3) is 0.524. The van der Waals surface area contributed by atoms with Gasteiger partial charge >= 0.3 is 0 Å². The first-order valence-electron chi connectivity index (χ1n) is 9.85. The second-order valence-corrected chi connectivity index (χ2v) is 8.20. The molecule has 3 unspecified atom stereocenters. The van der Waals surface area contributed by atoms with Crippen LogP contribution >= 0.6 is 0 Å². The maximum atomic E-state index is 13.2. The van der Waals surface area contributed by atoms with E-state index in [0.29, 0.717) is 35.8 Å². The summed E-state index contributed by atoms with van der Waals surface area (Å²) in [5.41, 5.74) is 7.53. The number of carbonyl (C=O) groups excluding carboxylic acids is 1. The standard InChI is InChI=1S/C21H28N4O2/c1-14(2)13-27-19-12-25(16-6-4-3-5-7-16)23-20(19)21(26)24-10-15-8-9-18(22)17(15)11-24/h3-7,12,14-15,17-18H,8-11,13,22H2,1-2H3. The number of hydrogen-bond donors (Lipinski definition) is 1. The Morgan fingerprint density at radius 1 is 1.26 bits per heavy atom. The van der Waals surface area contributed by atoms with Crippen LogP contribution in [0.1, 0.15) is 37.2 Å². The molecule has 2 aliphatic rings. The van der Waals surface area contributed by atoms with Crippen LogP contribution in [0.15, 0.2) is 36.5 Å². The van der Waals surface area contributed by atoms with Crippen molar-refractivity contribution in [3.05, 3.63) is 42.2 Å². The summed E-state index contributed by atoms with van der Waals surface area (Å²) in [4.78, 5) is 15.1. The molecule has 1 amide bonds. The van der Waals surface area contributed by atoms with Crippen molar-refractivity contribution in [2.24, 2.45) is 23.5 Å². The number of benzene rings is 1. The number of likely N-dealkylation sites (tertiary alicyclic amines) is 1. The molecule has 1 aliphatic carbocycles. The summed E-state index contributed by atoms with van der Waals surface area (Å²) in [6, 6.07) is 10.0. The molecule has 144 valence electrons. The first-order valence-corrected chi connectivity index (χ1v) is 9.85. The maximum absolute atomic E-state index is 13.2. The van der Waals surface area contributed by atoms with Crippen LogP contribution in [0.4, 0.5) is 0 Å². The van der Waals surface area contributed by atoms with Crippen LogP contribution in [-0.2, 0) is 0 Å². The Labute approximate surface area is 160 Å². The van der Waals surface area contributed by atoms with E-state index in [1.54, 1.807) is 4.68 Å². The number of fused-ring (bicyclic) bond motifs is 1. The van der Waals surface area contributed by atoms with E-state index < -0.39 is 0 Å².